The number of hydrazine groups is 1. The number of benzene rings is 1. The van der Waals surface area contributed by atoms with Gasteiger partial charge in [0.2, 0.25) is 10.0 Å². The highest BCUT2D eigenvalue weighted by atomic mass is 32.2. The lowest BCUT2D eigenvalue weighted by Gasteiger charge is -2.31. The fourth-order valence-corrected chi connectivity index (χ4v) is 5.44. The molecule has 2 heterocycles. The van der Waals surface area contributed by atoms with Crippen molar-refractivity contribution < 1.29 is 13.2 Å². The second kappa shape index (κ2) is 6.92. The first-order valence-corrected chi connectivity index (χ1v) is 10.8. The van der Waals surface area contributed by atoms with E-state index < -0.39 is 10.0 Å². The van der Waals surface area contributed by atoms with Crippen LogP contribution in [0.15, 0.2) is 29.2 Å². The zero-order chi connectivity index (χ0) is 18.3. The van der Waals surface area contributed by atoms with Gasteiger partial charge in [0, 0.05) is 44.3 Å². The minimum absolute atomic E-state index is 0.0913. The van der Waals surface area contributed by atoms with Gasteiger partial charge in [-0.3, -0.25) is 15.6 Å². The van der Waals surface area contributed by atoms with Gasteiger partial charge in [-0.15, -0.1) is 0 Å². The first-order chi connectivity index (χ1) is 12.5. The number of nitrogens with zero attached hydrogens (tertiary/aromatic N) is 2. The monoisotopic (exact) mass is 378 g/mol. The predicted molar refractivity (Wildman–Crippen MR) is 98.0 cm³/mol. The first kappa shape index (κ1) is 17.9. The molecule has 4 rings (SSSR count). The molecule has 1 aromatic carbocycles. The lowest BCUT2D eigenvalue weighted by molar-refractivity contribution is 0.0651. The van der Waals surface area contributed by atoms with Gasteiger partial charge in [0.15, 0.2) is 0 Å². The van der Waals surface area contributed by atoms with Gasteiger partial charge < -0.3 is 4.90 Å². The topological polar surface area (TPSA) is 81.7 Å². The number of fused-ring (bicyclic) bond motifs is 1. The van der Waals surface area contributed by atoms with Gasteiger partial charge in [0.05, 0.1) is 4.90 Å². The molecule has 3 unspecified atom stereocenters. The second-order valence-electron chi connectivity index (χ2n) is 7.56. The van der Waals surface area contributed by atoms with Gasteiger partial charge in [-0.1, -0.05) is 12.5 Å². The Morgan fingerprint density at radius 3 is 2.77 bits per heavy atom. The highest BCUT2D eigenvalue weighted by Crippen LogP contribution is 2.32. The maximum Gasteiger partial charge on any atom is 0.253 e. The van der Waals surface area contributed by atoms with Crippen molar-refractivity contribution in [3.63, 3.8) is 0 Å². The molecule has 3 aliphatic rings. The Morgan fingerprint density at radius 1 is 1.23 bits per heavy atom. The summed E-state index contributed by atoms with van der Waals surface area (Å²) in [5, 5.41) is 0. The summed E-state index contributed by atoms with van der Waals surface area (Å²) in [5.74, 6) is 0.387. The number of nitrogens with one attached hydrogen (secondary N) is 2. The molecule has 2 N–H and O–H groups in total. The van der Waals surface area contributed by atoms with Crippen LogP contribution in [0.4, 0.5) is 0 Å². The molecule has 26 heavy (non-hydrogen) atoms. The zero-order valence-corrected chi connectivity index (χ0v) is 15.8. The molecule has 142 valence electrons. The highest BCUT2D eigenvalue weighted by Gasteiger charge is 2.40. The van der Waals surface area contributed by atoms with Crippen molar-refractivity contribution in [1.82, 2.24) is 20.1 Å². The summed E-state index contributed by atoms with van der Waals surface area (Å²) in [6.45, 7) is 1.91. The van der Waals surface area contributed by atoms with Crippen LogP contribution in [0.5, 0.6) is 0 Å². The Morgan fingerprint density at radius 2 is 2.04 bits per heavy atom. The van der Waals surface area contributed by atoms with Gasteiger partial charge in [0.25, 0.3) is 5.91 Å². The number of carbonyl (C=O) groups excluding carboxylic acids is 1. The summed E-state index contributed by atoms with van der Waals surface area (Å²) in [6.07, 6.45) is 4.48. The molecule has 3 atom stereocenters. The van der Waals surface area contributed by atoms with E-state index in [4.69, 9.17) is 0 Å². The molecule has 2 aliphatic heterocycles. The molecular weight excluding hydrogens is 352 g/mol. The Labute approximate surface area is 154 Å². The Hall–Kier alpha value is -1.48. The number of sulfonamides is 1. The molecule has 2 saturated heterocycles. The van der Waals surface area contributed by atoms with Crippen molar-refractivity contribution in [2.24, 2.45) is 5.92 Å². The highest BCUT2D eigenvalue weighted by molar-refractivity contribution is 7.89. The largest absolute Gasteiger partial charge is 0.339 e. The maximum atomic E-state index is 13.0. The average Bonchev–Trinajstić information content (AvgIpc) is 3.18. The van der Waals surface area contributed by atoms with Gasteiger partial charge in [0.1, 0.15) is 0 Å². The summed E-state index contributed by atoms with van der Waals surface area (Å²) >= 11 is 0. The van der Waals surface area contributed by atoms with Crippen molar-refractivity contribution in [3.05, 3.63) is 29.8 Å². The molecule has 1 saturated carbocycles. The van der Waals surface area contributed by atoms with Crippen LogP contribution >= 0.6 is 0 Å². The number of rotatable bonds is 5. The van der Waals surface area contributed by atoms with E-state index in [2.05, 4.69) is 10.9 Å². The second-order valence-corrected chi connectivity index (χ2v) is 9.60. The molecule has 8 heteroatoms. The summed E-state index contributed by atoms with van der Waals surface area (Å²) < 4.78 is 27.4. The van der Waals surface area contributed by atoms with Crippen LogP contribution in [0.2, 0.25) is 0 Å². The summed E-state index contributed by atoms with van der Waals surface area (Å²) in [7, 11) is -2.02. The minimum Gasteiger partial charge on any atom is -0.339 e. The quantitative estimate of drug-likeness (QED) is 0.792. The van der Waals surface area contributed by atoms with Crippen molar-refractivity contribution in [1.29, 1.82) is 0 Å². The molecule has 3 fully saturated rings. The van der Waals surface area contributed by atoms with Gasteiger partial charge in [-0.2, -0.15) is 4.31 Å². The van der Waals surface area contributed by atoms with E-state index in [1.165, 1.54) is 16.8 Å². The minimum atomic E-state index is -3.63. The summed E-state index contributed by atoms with van der Waals surface area (Å²) in [4.78, 5) is 14.3. The SMILES string of the molecule is CN(CC1NNC2CCCC21)S(=O)(=O)c1cccc(C(=O)N2CCC2)c1. The molecule has 1 aliphatic carbocycles. The van der Waals surface area contributed by atoms with E-state index in [-0.39, 0.29) is 16.8 Å². The molecular formula is C18H26N4O3S. The predicted octanol–water partition coefficient (Wildman–Crippen LogP) is 0.798. The third-order valence-electron chi connectivity index (χ3n) is 5.93. The van der Waals surface area contributed by atoms with Gasteiger partial charge >= 0.3 is 0 Å². The van der Waals surface area contributed by atoms with Crippen molar-refractivity contribution in [2.75, 3.05) is 26.7 Å². The van der Waals surface area contributed by atoms with Gasteiger partial charge in [-0.05, 0) is 43.4 Å². The van der Waals surface area contributed by atoms with E-state index >= 15 is 0 Å². The van der Waals surface area contributed by atoms with Gasteiger partial charge in [-0.25, -0.2) is 8.42 Å². The van der Waals surface area contributed by atoms with Crippen LogP contribution in [-0.2, 0) is 10.0 Å². The lowest BCUT2D eigenvalue weighted by atomic mass is 9.97. The van der Waals surface area contributed by atoms with Crippen LogP contribution in [0, 0.1) is 5.92 Å². The van der Waals surface area contributed by atoms with Crippen LogP contribution in [0.3, 0.4) is 0 Å². The van der Waals surface area contributed by atoms with Crippen LogP contribution < -0.4 is 10.9 Å². The van der Waals surface area contributed by atoms with E-state index in [9.17, 15) is 13.2 Å². The smallest absolute Gasteiger partial charge is 0.253 e. The summed E-state index contributed by atoms with van der Waals surface area (Å²) in [6, 6.07) is 6.98. The molecule has 1 aromatic rings. The van der Waals surface area contributed by atoms with Crippen molar-refractivity contribution >= 4 is 15.9 Å². The standard InChI is InChI=1S/C18H26N4O3S/c1-21(12-17-15-7-3-8-16(15)19-20-17)26(24,25)14-6-2-5-13(11-14)18(23)22-9-4-10-22/h2,5-6,11,15-17,19-20H,3-4,7-10,12H2,1H3. The average molecular weight is 378 g/mol. The number of likely N-dealkylation sites (N-methyl/N-ethyl adjacent to an activating group) is 1. The molecule has 1 amide bonds. The third kappa shape index (κ3) is 3.15. The normalized spacial score (nSPS) is 28.2. The van der Waals surface area contributed by atoms with Crippen molar-refractivity contribution in [2.45, 2.75) is 42.7 Å². The fourth-order valence-electron chi connectivity index (χ4n) is 4.20. The Bertz CT molecular complexity index is 793. The zero-order valence-electron chi connectivity index (χ0n) is 15.0. The number of hydrogen-bond donors (Lipinski definition) is 2. The van der Waals surface area contributed by atoms with Crippen LogP contribution in [-0.4, -0.2) is 62.3 Å². The maximum absolute atomic E-state index is 13.0. The first-order valence-electron chi connectivity index (χ1n) is 9.33. The Balaban J connectivity index is 1.49. The fraction of sp³-hybridized carbons (Fsp3) is 0.611. The molecule has 0 aromatic heterocycles. The van der Waals surface area contributed by atoms with E-state index in [1.54, 1.807) is 30.1 Å². The Kier molecular flexibility index (Phi) is 4.77. The van der Waals surface area contributed by atoms with Crippen LogP contribution in [0.1, 0.15) is 36.0 Å². The number of likely N-dealkylation sites (tertiary alicyclic amines) is 1. The van der Waals surface area contributed by atoms with E-state index in [0.29, 0.717) is 24.1 Å². The molecule has 0 bridgehead atoms. The summed E-state index contributed by atoms with van der Waals surface area (Å²) in [5.41, 5.74) is 6.99. The van der Waals surface area contributed by atoms with Crippen LogP contribution in [0.25, 0.3) is 0 Å². The van der Waals surface area contributed by atoms with Crippen molar-refractivity contribution in [3.8, 4) is 0 Å². The van der Waals surface area contributed by atoms with E-state index in [0.717, 1.165) is 32.4 Å². The number of hydrogen-bond acceptors (Lipinski definition) is 5. The van der Waals surface area contributed by atoms with E-state index in [1.807, 2.05) is 0 Å². The molecule has 7 nitrogen and oxygen atoms in total. The third-order valence-corrected chi connectivity index (χ3v) is 7.75. The number of amides is 1. The number of carbonyl (C=O) groups is 1. The molecule has 0 spiro atoms. The lowest BCUT2D eigenvalue weighted by Crippen LogP contribution is -2.43. The molecule has 0 radical (unpaired) electrons.